The summed E-state index contributed by atoms with van der Waals surface area (Å²) in [5, 5.41) is 11.4. The van der Waals surface area contributed by atoms with E-state index in [1.54, 1.807) is 20.8 Å². The van der Waals surface area contributed by atoms with Crippen LogP contribution in [0.2, 0.25) is 0 Å². The minimum absolute atomic E-state index is 0.184. The Kier molecular flexibility index (Phi) is 4.66. The lowest BCUT2D eigenvalue weighted by Gasteiger charge is -2.19. The highest BCUT2D eigenvalue weighted by atomic mass is 16.7. The van der Waals surface area contributed by atoms with Crippen molar-refractivity contribution in [1.29, 1.82) is 0 Å². The van der Waals surface area contributed by atoms with Crippen molar-refractivity contribution in [3.05, 3.63) is 0 Å². The average Bonchev–Trinajstić information content (AvgIpc) is 2.51. The van der Waals surface area contributed by atoms with Crippen LogP contribution in [0, 0.1) is 0 Å². The van der Waals surface area contributed by atoms with Crippen LogP contribution in [0.5, 0.6) is 0 Å². The predicted molar refractivity (Wildman–Crippen MR) is 62.8 cm³/mol. The van der Waals surface area contributed by atoms with Gasteiger partial charge in [-0.2, -0.15) is 0 Å². The lowest BCUT2D eigenvalue weighted by molar-refractivity contribution is -0.198. The summed E-state index contributed by atoms with van der Waals surface area (Å²) in [5.41, 5.74) is -0.723. The second-order valence-electron chi connectivity index (χ2n) is 5.07. The van der Waals surface area contributed by atoms with Gasteiger partial charge < -0.3 is 20.0 Å². The molecule has 1 unspecified atom stereocenters. The molecule has 0 saturated carbocycles. The van der Waals surface area contributed by atoms with E-state index in [0.717, 1.165) is 0 Å². The number of carbonyl (C=O) groups excluding carboxylic acids is 4. The third-order valence-corrected chi connectivity index (χ3v) is 2.05. The fraction of sp³-hybridized carbons (Fsp3) is 0.636. The summed E-state index contributed by atoms with van der Waals surface area (Å²) in [6.07, 6.45) is -2.78. The monoisotopic (exact) mass is 288 g/mol. The van der Waals surface area contributed by atoms with Gasteiger partial charge in [-0.1, -0.05) is 5.06 Å². The summed E-state index contributed by atoms with van der Waals surface area (Å²) in [6.45, 7) is 4.36. The zero-order valence-corrected chi connectivity index (χ0v) is 11.3. The van der Waals surface area contributed by atoms with Crippen molar-refractivity contribution in [2.75, 3.05) is 6.54 Å². The third kappa shape index (κ3) is 4.50. The molecule has 0 spiro atoms. The van der Waals surface area contributed by atoms with Crippen molar-refractivity contribution >= 4 is 23.9 Å². The summed E-state index contributed by atoms with van der Waals surface area (Å²) in [7, 11) is 0. The van der Waals surface area contributed by atoms with E-state index in [9.17, 15) is 19.2 Å². The first-order chi connectivity index (χ1) is 9.10. The predicted octanol–water partition coefficient (Wildman–Crippen LogP) is -0.911. The molecule has 9 heteroatoms. The molecule has 1 aliphatic rings. The van der Waals surface area contributed by atoms with Gasteiger partial charge in [0.15, 0.2) is 0 Å². The minimum Gasteiger partial charge on any atom is -0.444 e. The van der Waals surface area contributed by atoms with Gasteiger partial charge in [0.2, 0.25) is 0 Å². The van der Waals surface area contributed by atoms with Crippen LogP contribution in [-0.4, -0.2) is 52.3 Å². The molecule has 0 bridgehead atoms. The number of aliphatic hydroxyl groups is 1. The van der Waals surface area contributed by atoms with Crippen LogP contribution in [0.3, 0.4) is 0 Å². The molecule has 0 aliphatic carbocycles. The van der Waals surface area contributed by atoms with Crippen LogP contribution in [0.15, 0.2) is 0 Å². The number of imide groups is 1. The maximum atomic E-state index is 11.3. The van der Waals surface area contributed by atoms with Crippen LogP contribution < -0.4 is 5.32 Å². The summed E-state index contributed by atoms with van der Waals surface area (Å²) in [6, 6.07) is 0. The van der Waals surface area contributed by atoms with Crippen molar-refractivity contribution < 1.29 is 33.9 Å². The molecule has 1 atom stereocenters. The Morgan fingerprint density at radius 3 is 2.45 bits per heavy atom. The number of nitrogens with one attached hydrogen (secondary N) is 1. The Hall–Kier alpha value is -2.16. The molecule has 9 nitrogen and oxygen atoms in total. The van der Waals surface area contributed by atoms with Gasteiger partial charge in [0.25, 0.3) is 11.8 Å². The van der Waals surface area contributed by atoms with Gasteiger partial charge in [0.05, 0.1) is 6.42 Å². The molecule has 1 saturated heterocycles. The first-order valence-corrected chi connectivity index (χ1v) is 5.82. The zero-order chi connectivity index (χ0) is 15.5. The molecule has 0 radical (unpaired) electrons. The zero-order valence-electron chi connectivity index (χ0n) is 11.3. The van der Waals surface area contributed by atoms with Crippen LogP contribution in [0.1, 0.15) is 27.2 Å². The second kappa shape index (κ2) is 5.87. The van der Waals surface area contributed by atoms with Crippen molar-refractivity contribution in [3.63, 3.8) is 0 Å². The average molecular weight is 288 g/mol. The first kappa shape index (κ1) is 15.9. The summed E-state index contributed by atoms with van der Waals surface area (Å²) in [4.78, 5) is 49.5. The lowest BCUT2D eigenvalue weighted by Crippen LogP contribution is -2.40. The normalized spacial score (nSPS) is 19.0. The van der Waals surface area contributed by atoms with Crippen LogP contribution in [0.4, 0.5) is 4.79 Å². The van der Waals surface area contributed by atoms with E-state index >= 15 is 0 Å². The molecule has 3 amide bonds. The van der Waals surface area contributed by atoms with E-state index in [1.807, 2.05) is 0 Å². The standard InChI is InChI=1S/C11H16N2O7/c1-11(2,3)19-10(18)12-5-8(16)20-13-7(15)4-6(14)9(13)17/h6,14H,4-5H2,1-3H3,(H,12,18). The number of alkyl carbamates (subject to hydrolysis) is 1. The number of nitrogens with zero attached hydrogens (tertiary/aromatic N) is 1. The number of rotatable bonds is 3. The Morgan fingerprint density at radius 1 is 1.40 bits per heavy atom. The van der Waals surface area contributed by atoms with E-state index in [2.05, 4.69) is 10.2 Å². The molecular formula is C11H16N2O7. The van der Waals surface area contributed by atoms with Gasteiger partial charge >= 0.3 is 12.1 Å². The fourth-order valence-corrected chi connectivity index (χ4v) is 1.28. The van der Waals surface area contributed by atoms with E-state index in [0.29, 0.717) is 0 Å². The number of hydrogen-bond donors (Lipinski definition) is 2. The quantitative estimate of drug-likeness (QED) is 0.644. The summed E-state index contributed by atoms with van der Waals surface area (Å²) in [5.74, 6) is -2.87. The Balaban J connectivity index is 2.40. The SMILES string of the molecule is CC(C)(C)OC(=O)NCC(=O)ON1C(=O)CC(O)C1=O. The van der Waals surface area contributed by atoms with Gasteiger partial charge in [-0.25, -0.2) is 9.59 Å². The Morgan fingerprint density at radius 2 is 2.00 bits per heavy atom. The number of ether oxygens (including phenoxy) is 1. The van der Waals surface area contributed by atoms with Gasteiger partial charge in [-0.05, 0) is 20.8 Å². The molecule has 0 aromatic rings. The van der Waals surface area contributed by atoms with Crippen molar-refractivity contribution in [1.82, 2.24) is 10.4 Å². The highest BCUT2D eigenvalue weighted by Gasteiger charge is 2.40. The van der Waals surface area contributed by atoms with E-state index in [-0.39, 0.29) is 5.06 Å². The molecule has 1 heterocycles. The van der Waals surface area contributed by atoms with Gasteiger partial charge in [0, 0.05) is 0 Å². The fourth-order valence-electron chi connectivity index (χ4n) is 1.28. The summed E-state index contributed by atoms with van der Waals surface area (Å²) < 4.78 is 4.87. The third-order valence-electron chi connectivity index (χ3n) is 2.05. The lowest BCUT2D eigenvalue weighted by atomic mass is 10.2. The molecule has 2 N–H and O–H groups in total. The van der Waals surface area contributed by atoms with E-state index in [1.165, 1.54) is 0 Å². The van der Waals surface area contributed by atoms with Crippen molar-refractivity contribution in [2.24, 2.45) is 0 Å². The molecule has 112 valence electrons. The van der Waals surface area contributed by atoms with Crippen LogP contribution >= 0.6 is 0 Å². The number of hydrogen-bond acceptors (Lipinski definition) is 7. The van der Waals surface area contributed by atoms with E-state index < -0.39 is 48.5 Å². The minimum atomic E-state index is -1.51. The van der Waals surface area contributed by atoms with Gasteiger partial charge in [-0.3, -0.25) is 9.59 Å². The Labute approximate surface area is 114 Å². The number of aliphatic hydroxyl groups excluding tert-OH is 1. The maximum Gasteiger partial charge on any atom is 0.408 e. The number of hydroxylamine groups is 2. The molecule has 1 fully saturated rings. The van der Waals surface area contributed by atoms with Crippen LogP contribution in [0.25, 0.3) is 0 Å². The van der Waals surface area contributed by atoms with Crippen molar-refractivity contribution in [2.45, 2.75) is 38.9 Å². The Bertz CT molecular complexity index is 441. The molecule has 1 rings (SSSR count). The molecule has 20 heavy (non-hydrogen) atoms. The molecule has 0 aromatic heterocycles. The highest BCUT2D eigenvalue weighted by molar-refractivity contribution is 6.04. The number of amides is 3. The maximum absolute atomic E-state index is 11.3. The van der Waals surface area contributed by atoms with Crippen molar-refractivity contribution in [3.8, 4) is 0 Å². The summed E-state index contributed by atoms with van der Waals surface area (Å²) >= 11 is 0. The molecule has 1 aliphatic heterocycles. The number of carbonyl (C=O) groups is 4. The highest BCUT2D eigenvalue weighted by Crippen LogP contribution is 2.13. The van der Waals surface area contributed by atoms with Gasteiger partial charge in [-0.15, -0.1) is 0 Å². The largest absolute Gasteiger partial charge is 0.444 e. The van der Waals surface area contributed by atoms with Gasteiger partial charge in [0.1, 0.15) is 18.2 Å². The smallest absolute Gasteiger partial charge is 0.408 e. The second-order valence-corrected chi connectivity index (χ2v) is 5.07. The molecule has 0 aromatic carbocycles. The first-order valence-electron chi connectivity index (χ1n) is 5.82. The topological polar surface area (TPSA) is 122 Å². The van der Waals surface area contributed by atoms with E-state index in [4.69, 9.17) is 9.84 Å². The van der Waals surface area contributed by atoms with Crippen LogP contribution in [-0.2, 0) is 24.0 Å². The molecular weight excluding hydrogens is 272 g/mol.